The number of aryl methyl sites for hydroxylation is 2. The van der Waals surface area contributed by atoms with Gasteiger partial charge in [-0.1, -0.05) is 44.5 Å². The zero-order valence-corrected chi connectivity index (χ0v) is 28.1. The summed E-state index contributed by atoms with van der Waals surface area (Å²) in [5.74, 6) is -1.86. The number of aromatic nitrogens is 4. The van der Waals surface area contributed by atoms with Gasteiger partial charge in [0.25, 0.3) is 0 Å². The number of fused-ring (bicyclic) bond motifs is 8. The van der Waals surface area contributed by atoms with Crippen molar-refractivity contribution in [2.45, 2.75) is 58.3 Å². The van der Waals surface area contributed by atoms with Gasteiger partial charge in [-0.05, 0) is 67.0 Å². The number of aliphatic carboxylic acids is 1. The summed E-state index contributed by atoms with van der Waals surface area (Å²) in [6.45, 7) is 5.80. The highest BCUT2D eigenvalue weighted by Gasteiger charge is 2.36. The van der Waals surface area contributed by atoms with Gasteiger partial charge in [-0.2, -0.15) is 5.10 Å². The van der Waals surface area contributed by atoms with E-state index in [1.165, 1.54) is 28.9 Å². The van der Waals surface area contributed by atoms with Crippen LogP contribution in [-0.2, 0) is 39.9 Å². The molecule has 9 nitrogen and oxygen atoms in total. The Kier molecular flexibility index (Phi) is 8.65. The van der Waals surface area contributed by atoms with Crippen molar-refractivity contribution in [1.82, 2.24) is 19.7 Å². The van der Waals surface area contributed by atoms with Crippen molar-refractivity contribution in [2.24, 2.45) is 12.5 Å². The Labute approximate surface area is 277 Å². The number of benzene rings is 3. The van der Waals surface area contributed by atoms with Crippen LogP contribution in [0.2, 0.25) is 0 Å². The van der Waals surface area contributed by atoms with Gasteiger partial charge >= 0.3 is 5.97 Å². The van der Waals surface area contributed by atoms with Crippen LogP contribution in [-0.4, -0.2) is 50.7 Å². The lowest BCUT2D eigenvalue weighted by Gasteiger charge is -2.30. The number of H-pyrrole nitrogens is 1. The van der Waals surface area contributed by atoms with E-state index in [-0.39, 0.29) is 47.2 Å². The highest BCUT2D eigenvalue weighted by molar-refractivity contribution is 7.91. The van der Waals surface area contributed by atoms with Crippen LogP contribution >= 0.6 is 0 Å². The minimum atomic E-state index is -3.60. The lowest BCUT2D eigenvalue weighted by Crippen LogP contribution is -2.29. The van der Waals surface area contributed by atoms with E-state index >= 15 is 8.78 Å². The molecule has 2 N–H and O–H groups in total. The molecule has 5 aromatic rings. The number of hydrogen-bond acceptors (Lipinski definition) is 6. The van der Waals surface area contributed by atoms with Crippen LogP contribution in [0.3, 0.4) is 0 Å². The summed E-state index contributed by atoms with van der Waals surface area (Å²) in [5.41, 5.74) is 0.982. The molecule has 252 valence electrons. The molecule has 1 aliphatic rings. The molecule has 2 aromatic heterocycles. The molecule has 1 aliphatic heterocycles. The van der Waals surface area contributed by atoms with Crippen LogP contribution in [0.25, 0.3) is 22.3 Å². The second kappa shape index (κ2) is 12.5. The smallest absolute Gasteiger partial charge is 0.307 e. The fourth-order valence-electron chi connectivity index (χ4n) is 6.79. The van der Waals surface area contributed by atoms with Crippen molar-refractivity contribution in [3.63, 3.8) is 0 Å². The number of nitrogens with one attached hydrogen (secondary N) is 1. The molecular weight excluding hydrogens is 638 g/mol. The quantitative estimate of drug-likeness (QED) is 0.208. The van der Waals surface area contributed by atoms with Crippen molar-refractivity contribution >= 4 is 26.7 Å². The Balaban J connectivity index is 1.52. The van der Waals surface area contributed by atoms with E-state index in [1.807, 2.05) is 32.9 Å². The molecule has 3 aromatic carbocycles. The van der Waals surface area contributed by atoms with Crippen LogP contribution in [0, 0.1) is 17.0 Å². The van der Waals surface area contributed by atoms with Gasteiger partial charge in [0.05, 0.1) is 28.9 Å². The van der Waals surface area contributed by atoms with Gasteiger partial charge in [0, 0.05) is 35.8 Å². The van der Waals surface area contributed by atoms with Gasteiger partial charge < -0.3 is 14.8 Å². The van der Waals surface area contributed by atoms with Crippen LogP contribution in [0.4, 0.5) is 8.78 Å². The Morgan fingerprint density at radius 2 is 1.85 bits per heavy atom. The second-order valence-corrected chi connectivity index (χ2v) is 15.9. The second-order valence-electron chi connectivity index (χ2n) is 13.7. The molecule has 1 unspecified atom stereocenters. The largest absolute Gasteiger partial charge is 0.481 e. The molecule has 6 rings (SSSR count). The number of rotatable bonds is 3. The molecule has 3 heterocycles. The summed E-state index contributed by atoms with van der Waals surface area (Å²) in [4.78, 5) is 19.4. The zero-order chi connectivity index (χ0) is 34.4. The van der Waals surface area contributed by atoms with E-state index in [4.69, 9.17) is 14.8 Å². The predicted octanol–water partition coefficient (Wildman–Crippen LogP) is 7.13. The minimum absolute atomic E-state index is 0.0192. The van der Waals surface area contributed by atoms with Gasteiger partial charge in [0.1, 0.15) is 11.6 Å². The summed E-state index contributed by atoms with van der Waals surface area (Å²) in [5, 5.41) is 14.8. The van der Waals surface area contributed by atoms with Gasteiger partial charge in [0.2, 0.25) is 0 Å². The molecule has 4 bridgehead atoms. The molecule has 0 amide bonds. The maximum absolute atomic E-state index is 15.6. The highest BCUT2D eigenvalue weighted by atomic mass is 32.2. The number of halogens is 2. The lowest BCUT2D eigenvalue weighted by molar-refractivity contribution is -0.136. The van der Waals surface area contributed by atoms with Gasteiger partial charge in [-0.25, -0.2) is 26.9 Å². The van der Waals surface area contributed by atoms with E-state index in [2.05, 4.69) is 4.98 Å². The average Bonchev–Trinajstić information content (AvgIpc) is 3.63. The van der Waals surface area contributed by atoms with E-state index < -0.39 is 38.3 Å². The first-order chi connectivity index (χ1) is 22.6. The maximum atomic E-state index is 15.6. The minimum Gasteiger partial charge on any atom is -0.481 e. The molecule has 48 heavy (non-hydrogen) atoms. The maximum Gasteiger partial charge on any atom is 0.307 e. The monoisotopic (exact) mass is 676 g/mol. The summed E-state index contributed by atoms with van der Waals surface area (Å²) >= 11 is 0. The number of nitrogens with zero attached hydrogens (tertiary/aromatic N) is 3. The van der Waals surface area contributed by atoms with E-state index in [1.54, 1.807) is 31.4 Å². The number of carboxylic acid groups (broad SMARTS) is 1. The molecule has 0 aliphatic carbocycles. The third-order valence-corrected chi connectivity index (χ3v) is 11.3. The first-order valence-corrected chi connectivity index (χ1v) is 17.7. The Bertz CT molecular complexity index is 2140. The number of aromatic amines is 1. The van der Waals surface area contributed by atoms with Gasteiger partial charge in [-0.15, -0.1) is 0 Å². The number of sulfone groups is 1. The fraction of sp³-hybridized carbons (Fsp3) is 0.361. The van der Waals surface area contributed by atoms with E-state index in [9.17, 15) is 18.3 Å². The Morgan fingerprint density at radius 1 is 1.06 bits per heavy atom. The van der Waals surface area contributed by atoms with Crippen LogP contribution in [0.1, 0.15) is 62.5 Å². The van der Waals surface area contributed by atoms with Crippen molar-refractivity contribution in [1.29, 1.82) is 0 Å². The summed E-state index contributed by atoms with van der Waals surface area (Å²) in [7, 11) is -1.93. The molecular formula is C36H38F2N4O5S. The van der Waals surface area contributed by atoms with Crippen molar-refractivity contribution in [3.05, 3.63) is 94.9 Å². The van der Waals surface area contributed by atoms with Crippen LogP contribution in [0.5, 0.6) is 11.5 Å². The molecule has 0 saturated carbocycles. The van der Waals surface area contributed by atoms with E-state index in [0.29, 0.717) is 47.1 Å². The van der Waals surface area contributed by atoms with Crippen molar-refractivity contribution < 1.29 is 31.8 Å². The Morgan fingerprint density at radius 3 is 2.62 bits per heavy atom. The van der Waals surface area contributed by atoms with Gasteiger partial charge in [0.15, 0.2) is 33.1 Å². The summed E-state index contributed by atoms with van der Waals surface area (Å²) < 4.78 is 65.9. The molecule has 12 heteroatoms. The fourth-order valence-corrected chi connectivity index (χ4v) is 8.79. The number of carbonyl (C=O) groups is 1. The zero-order valence-electron chi connectivity index (χ0n) is 27.3. The van der Waals surface area contributed by atoms with Crippen LogP contribution < -0.4 is 4.74 Å². The van der Waals surface area contributed by atoms with E-state index in [0.717, 1.165) is 5.56 Å². The van der Waals surface area contributed by atoms with Gasteiger partial charge in [-0.3, -0.25) is 4.79 Å². The van der Waals surface area contributed by atoms with Crippen molar-refractivity contribution in [2.75, 3.05) is 11.5 Å². The normalized spacial score (nSPS) is 19.5. The van der Waals surface area contributed by atoms with Crippen LogP contribution in [0.15, 0.2) is 60.8 Å². The third kappa shape index (κ3) is 6.71. The molecule has 0 saturated heterocycles. The summed E-state index contributed by atoms with van der Waals surface area (Å²) in [6.07, 6.45) is 3.19. The first-order valence-electron chi connectivity index (χ1n) is 15.8. The molecule has 0 radical (unpaired) electrons. The summed E-state index contributed by atoms with van der Waals surface area (Å²) in [6, 6.07) is 14.3. The third-order valence-electron chi connectivity index (χ3n) is 9.24. The lowest BCUT2D eigenvalue weighted by atomic mass is 9.75. The standard InChI is InChI=1S/C36H38F2N4O5S/c1-35(2)13-6-14-36(3,23-8-5-7-22(17-23)18-31(43)44)34-40-33(42(4)41-34)27-19-24(9-10-28(27)37)47-32-26(12-16-48(45,46)21-35)25-11-15-39-30(25)20-29(32)38/h5,7-11,15,17,19-20,39H,6,12-14,16,18,21H2,1-4H3,(H,43,44). The topological polar surface area (TPSA) is 127 Å². The Hall–Kier alpha value is -4.58. The van der Waals surface area contributed by atoms with Crippen molar-refractivity contribution in [3.8, 4) is 22.9 Å². The predicted molar refractivity (Wildman–Crippen MR) is 179 cm³/mol. The number of hydrogen-bond donors (Lipinski definition) is 2. The number of carboxylic acids is 1. The SMILES string of the molecule is Cn1nc2nc1-c1cc(ccc1F)Oc1c(F)cc3[nH]ccc3c1CCS(=O)(=O)CC(C)(C)CCCC2(C)c1cccc(CC(=O)O)c1. The molecule has 0 spiro atoms. The molecule has 1 atom stereocenters. The average molecular weight is 677 g/mol. The highest BCUT2D eigenvalue weighted by Crippen LogP contribution is 2.41. The molecule has 0 fully saturated rings. The first kappa shape index (κ1) is 33.3. The number of ether oxygens (including phenoxy) is 1.